The summed E-state index contributed by atoms with van der Waals surface area (Å²) in [5, 5.41) is 6.78. The summed E-state index contributed by atoms with van der Waals surface area (Å²) in [7, 11) is 3.96. The van der Waals surface area contributed by atoms with Crippen molar-refractivity contribution in [3.05, 3.63) is 0 Å². The number of halogens is 1. The van der Waals surface area contributed by atoms with Crippen LogP contribution in [0.3, 0.4) is 0 Å². The molecule has 0 amide bonds. The Morgan fingerprint density at radius 3 is 2.50 bits per heavy atom. The highest BCUT2D eigenvalue weighted by Crippen LogP contribution is 2.21. The van der Waals surface area contributed by atoms with Crippen LogP contribution in [0.5, 0.6) is 0 Å². The Bertz CT molecular complexity index is 331. The molecule has 1 fully saturated rings. The Kier molecular flexibility index (Phi) is 10.6. The van der Waals surface area contributed by atoms with Gasteiger partial charge >= 0.3 is 0 Å². The number of hydrogen-bond acceptors (Lipinski definition) is 3. The van der Waals surface area contributed by atoms with Gasteiger partial charge in [-0.3, -0.25) is 4.99 Å². The zero-order valence-corrected chi connectivity index (χ0v) is 17.4. The molecule has 132 valence electrons. The van der Waals surface area contributed by atoms with E-state index >= 15 is 0 Å². The lowest BCUT2D eigenvalue weighted by Gasteiger charge is -2.28. The highest BCUT2D eigenvalue weighted by Gasteiger charge is 2.24. The molecule has 6 heteroatoms. The smallest absolute Gasteiger partial charge is 0.191 e. The average Bonchev–Trinajstić information content (AvgIpc) is 2.80. The Labute approximate surface area is 153 Å². The first-order chi connectivity index (χ1) is 9.88. The Balaban J connectivity index is 0.00000441. The van der Waals surface area contributed by atoms with E-state index in [0.29, 0.717) is 12.6 Å². The highest BCUT2D eigenvalue weighted by molar-refractivity contribution is 14.0. The number of ether oxygens (including phenoxy) is 1. The first kappa shape index (κ1) is 21.9. The molecule has 0 aromatic carbocycles. The molecule has 2 N–H and O–H groups in total. The minimum atomic E-state index is 0. The van der Waals surface area contributed by atoms with Gasteiger partial charge in [-0.2, -0.15) is 0 Å². The summed E-state index contributed by atoms with van der Waals surface area (Å²) in [5.74, 6) is 0.893. The molecule has 1 saturated heterocycles. The van der Waals surface area contributed by atoms with Crippen molar-refractivity contribution in [3.63, 3.8) is 0 Å². The molecule has 0 radical (unpaired) electrons. The van der Waals surface area contributed by atoms with E-state index in [9.17, 15) is 0 Å². The number of methoxy groups -OCH3 is 1. The number of rotatable bonds is 6. The van der Waals surface area contributed by atoms with Gasteiger partial charge in [-0.25, -0.2) is 0 Å². The first-order valence-electron chi connectivity index (χ1n) is 8.13. The van der Waals surface area contributed by atoms with Crippen molar-refractivity contribution < 1.29 is 4.74 Å². The second-order valence-corrected chi connectivity index (χ2v) is 6.97. The van der Waals surface area contributed by atoms with Gasteiger partial charge in [0.1, 0.15) is 0 Å². The van der Waals surface area contributed by atoms with Crippen molar-refractivity contribution in [2.24, 2.45) is 10.4 Å². The maximum Gasteiger partial charge on any atom is 0.191 e. The van der Waals surface area contributed by atoms with Gasteiger partial charge in [0.05, 0.1) is 12.6 Å². The molecule has 0 spiro atoms. The summed E-state index contributed by atoms with van der Waals surface area (Å²) in [6, 6.07) is 0.620. The standard InChI is InChI=1S/C16H34N4O.HI/c1-7-17-15(18-11-13-9-8-10-20(13)5)19-12-14(21-6)16(2,3)4;/h13-14H,7-12H2,1-6H3,(H2,17,18,19);1H. The number of nitrogens with zero attached hydrogens (tertiary/aromatic N) is 2. The zero-order valence-electron chi connectivity index (χ0n) is 15.1. The van der Waals surface area contributed by atoms with Crippen molar-refractivity contribution >= 4 is 29.9 Å². The summed E-state index contributed by atoms with van der Waals surface area (Å²) in [4.78, 5) is 7.11. The summed E-state index contributed by atoms with van der Waals surface area (Å²) >= 11 is 0. The molecule has 1 aliphatic heterocycles. The fourth-order valence-corrected chi connectivity index (χ4v) is 2.67. The molecule has 0 aliphatic carbocycles. The van der Waals surface area contributed by atoms with Crippen molar-refractivity contribution in [1.82, 2.24) is 15.5 Å². The molecule has 2 atom stereocenters. The molecule has 22 heavy (non-hydrogen) atoms. The molecule has 1 rings (SSSR count). The topological polar surface area (TPSA) is 48.9 Å². The van der Waals surface area contributed by atoms with Crippen molar-refractivity contribution in [2.75, 3.05) is 40.3 Å². The van der Waals surface area contributed by atoms with E-state index < -0.39 is 0 Å². The lowest BCUT2D eigenvalue weighted by atomic mass is 9.89. The van der Waals surface area contributed by atoms with Crippen LogP contribution in [0.1, 0.15) is 40.5 Å². The molecular weight excluding hydrogens is 391 g/mol. The van der Waals surface area contributed by atoms with Crippen LogP contribution in [0.4, 0.5) is 0 Å². The van der Waals surface area contributed by atoms with E-state index in [0.717, 1.165) is 19.0 Å². The Hall–Kier alpha value is -0.0800. The van der Waals surface area contributed by atoms with Gasteiger partial charge in [0.25, 0.3) is 0 Å². The number of hydrogen-bond donors (Lipinski definition) is 2. The van der Waals surface area contributed by atoms with Crippen LogP contribution >= 0.6 is 24.0 Å². The van der Waals surface area contributed by atoms with Crippen molar-refractivity contribution in [3.8, 4) is 0 Å². The summed E-state index contributed by atoms with van der Waals surface area (Å²) < 4.78 is 5.57. The SMILES string of the molecule is CCNC(=NCC(OC)C(C)(C)C)NCC1CCCN1C.I. The fourth-order valence-electron chi connectivity index (χ4n) is 2.67. The lowest BCUT2D eigenvalue weighted by Crippen LogP contribution is -2.44. The third kappa shape index (κ3) is 7.46. The predicted molar refractivity (Wildman–Crippen MR) is 105 cm³/mol. The van der Waals surface area contributed by atoms with Crippen LogP contribution < -0.4 is 10.6 Å². The second kappa shape index (κ2) is 10.6. The third-order valence-corrected chi connectivity index (χ3v) is 4.19. The molecule has 2 unspecified atom stereocenters. The van der Waals surface area contributed by atoms with Gasteiger partial charge in [-0.05, 0) is 38.8 Å². The fraction of sp³-hybridized carbons (Fsp3) is 0.938. The third-order valence-electron chi connectivity index (χ3n) is 4.19. The number of likely N-dealkylation sites (tertiary alicyclic amines) is 1. The van der Waals surface area contributed by atoms with Gasteiger partial charge in [-0.15, -0.1) is 24.0 Å². The van der Waals surface area contributed by atoms with E-state index in [4.69, 9.17) is 4.74 Å². The van der Waals surface area contributed by atoms with Gasteiger partial charge in [-0.1, -0.05) is 20.8 Å². The van der Waals surface area contributed by atoms with E-state index in [1.165, 1.54) is 19.4 Å². The van der Waals surface area contributed by atoms with Crippen LogP contribution in [0.25, 0.3) is 0 Å². The maximum absolute atomic E-state index is 5.57. The molecule has 1 aliphatic rings. The minimum absolute atomic E-state index is 0. The highest BCUT2D eigenvalue weighted by atomic mass is 127. The molecule has 0 bridgehead atoms. The van der Waals surface area contributed by atoms with Gasteiger partial charge in [0.15, 0.2) is 5.96 Å². The quantitative estimate of drug-likeness (QED) is 0.389. The molecule has 5 nitrogen and oxygen atoms in total. The largest absolute Gasteiger partial charge is 0.379 e. The Morgan fingerprint density at radius 1 is 1.36 bits per heavy atom. The van der Waals surface area contributed by atoms with E-state index in [1.54, 1.807) is 7.11 Å². The average molecular weight is 426 g/mol. The Morgan fingerprint density at radius 2 is 2.05 bits per heavy atom. The number of guanidine groups is 1. The summed E-state index contributed by atoms with van der Waals surface area (Å²) in [5.41, 5.74) is 0.0985. The molecular formula is C16H35IN4O. The van der Waals surface area contributed by atoms with E-state index in [2.05, 4.69) is 55.3 Å². The summed E-state index contributed by atoms with van der Waals surface area (Å²) in [6.07, 6.45) is 2.69. The lowest BCUT2D eigenvalue weighted by molar-refractivity contribution is 0.0241. The van der Waals surface area contributed by atoms with Crippen LogP contribution in [0.2, 0.25) is 0 Å². The molecule has 0 aromatic heterocycles. The van der Waals surface area contributed by atoms with Crippen LogP contribution in [-0.4, -0.2) is 63.3 Å². The first-order valence-corrected chi connectivity index (χ1v) is 8.13. The molecule has 1 heterocycles. The van der Waals surface area contributed by atoms with Crippen LogP contribution in [0, 0.1) is 5.41 Å². The summed E-state index contributed by atoms with van der Waals surface area (Å²) in [6.45, 7) is 12.4. The van der Waals surface area contributed by atoms with Gasteiger partial charge in [0, 0.05) is 26.2 Å². The van der Waals surface area contributed by atoms with E-state index in [1.807, 2.05) is 0 Å². The zero-order chi connectivity index (χ0) is 15.9. The number of aliphatic imine (C=N–C) groups is 1. The van der Waals surface area contributed by atoms with Gasteiger partial charge < -0.3 is 20.3 Å². The number of nitrogens with one attached hydrogen (secondary N) is 2. The monoisotopic (exact) mass is 426 g/mol. The minimum Gasteiger partial charge on any atom is -0.379 e. The predicted octanol–water partition coefficient (Wildman–Crippen LogP) is 2.31. The van der Waals surface area contributed by atoms with Crippen molar-refractivity contribution in [1.29, 1.82) is 0 Å². The van der Waals surface area contributed by atoms with Crippen molar-refractivity contribution in [2.45, 2.75) is 52.7 Å². The number of likely N-dealkylation sites (N-methyl/N-ethyl adjacent to an activating group) is 1. The van der Waals surface area contributed by atoms with Crippen LogP contribution in [-0.2, 0) is 4.74 Å². The normalized spacial score (nSPS) is 21.4. The molecule has 0 aromatic rings. The maximum atomic E-state index is 5.57. The molecule has 0 saturated carbocycles. The van der Waals surface area contributed by atoms with Gasteiger partial charge in [0.2, 0.25) is 0 Å². The second-order valence-electron chi connectivity index (χ2n) is 6.97. The van der Waals surface area contributed by atoms with Crippen LogP contribution in [0.15, 0.2) is 4.99 Å². The van der Waals surface area contributed by atoms with E-state index in [-0.39, 0.29) is 35.5 Å².